The van der Waals surface area contributed by atoms with Crippen molar-refractivity contribution >= 4 is 16.7 Å². The number of nitrogens with one attached hydrogen (secondary N) is 1. The summed E-state index contributed by atoms with van der Waals surface area (Å²) in [6.45, 7) is 5.01. The van der Waals surface area contributed by atoms with Gasteiger partial charge in [-0.05, 0) is 29.7 Å². The van der Waals surface area contributed by atoms with E-state index in [0.717, 1.165) is 12.8 Å². The maximum Gasteiger partial charge on any atom is 0.323 e. The summed E-state index contributed by atoms with van der Waals surface area (Å²) < 4.78 is 5.13. The molecule has 0 aliphatic rings. The second-order valence-electron chi connectivity index (χ2n) is 5.11. The van der Waals surface area contributed by atoms with E-state index in [1.54, 1.807) is 0 Å². The molecule has 0 bridgehead atoms. The molecule has 21 heavy (non-hydrogen) atoms. The first kappa shape index (κ1) is 15.5. The lowest BCUT2D eigenvalue weighted by molar-refractivity contribution is -0.145. The summed E-state index contributed by atoms with van der Waals surface area (Å²) in [6, 6.07) is 14.3. The molecule has 1 unspecified atom stereocenters. The van der Waals surface area contributed by atoms with Crippen LogP contribution in [0.1, 0.15) is 32.3 Å². The highest BCUT2D eigenvalue weighted by molar-refractivity contribution is 5.85. The number of ether oxygens (including phenoxy) is 1. The molecule has 0 fully saturated rings. The predicted molar refractivity (Wildman–Crippen MR) is 86.1 cm³/mol. The van der Waals surface area contributed by atoms with Crippen LogP contribution in [0.25, 0.3) is 10.8 Å². The summed E-state index contributed by atoms with van der Waals surface area (Å²) in [5.41, 5.74) is 1.21. The third-order valence-corrected chi connectivity index (χ3v) is 3.57. The van der Waals surface area contributed by atoms with Gasteiger partial charge in [0.25, 0.3) is 0 Å². The number of hydrogen-bond acceptors (Lipinski definition) is 3. The van der Waals surface area contributed by atoms with Crippen LogP contribution in [0.4, 0.5) is 0 Å². The smallest absolute Gasteiger partial charge is 0.323 e. The van der Waals surface area contributed by atoms with E-state index >= 15 is 0 Å². The minimum Gasteiger partial charge on any atom is -0.465 e. The Hall–Kier alpha value is -1.87. The number of esters is 1. The van der Waals surface area contributed by atoms with Crippen molar-refractivity contribution < 1.29 is 9.53 Å². The highest BCUT2D eigenvalue weighted by atomic mass is 16.5. The normalized spacial score (nSPS) is 12.3. The van der Waals surface area contributed by atoms with Gasteiger partial charge in [-0.2, -0.15) is 0 Å². The van der Waals surface area contributed by atoms with Crippen molar-refractivity contribution in [1.29, 1.82) is 0 Å². The van der Waals surface area contributed by atoms with E-state index in [4.69, 9.17) is 4.74 Å². The van der Waals surface area contributed by atoms with Crippen LogP contribution < -0.4 is 5.32 Å². The molecule has 0 saturated carbocycles. The van der Waals surface area contributed by atoms with Crippen LogP contribution in [0.3, 0.4) is 0 Å². The molecule has 112 valence electrons. The SMILES string of the molecule is CCCC(NCc1cccc2ccccc12)C(=O)OCC. The minimum atomic E-state index is -0.228. The Balaban J connectivity index is 2.10. The van der Waals surface area contributed by atoms with Gasteiger partial charge in [-0.15, -0.1) is 0 Å². The second kappa shape index (κ2) is 7.79. The zero-order valence-corrected chi connectivity index (χ0v) is 12.8. The maximum absolute atomic E-state index is 11.9. The number of hydrogen-bond donors (Lipinski definition) is 1. The molecule has 0 aromatic heterocycles. The molecular weight excluding hydrogens is 262 g/mol. The summed E-state index contributed by atoms with van der Waals surface area (Å²) >= 11 is 0. The van der Waals surface area contributed by atoms with Crippen LogP contribution in [0.15, 0.2) is 42.5 Å². The fourth-order valence-corrected chi connectivity index (χ4v) is 2.51. The van der Waals surface area contributed by atoms with Gasteiger partial charge in [0.1, 0.15) is 6.04 Å². The molecule has 0 aliphatic heterocycles. The predicted octanol–water partition coefficient (Wildman–Crippen LogP) is 3.66. The molecule has 0 amide bonds. The van der Waals surface area contributed by atoms with Crippen molar-refractivity contribution in [2.45, 2.75) is 39.3 Å². The Bertz CT molecular complexity index is 589. The van der Waals surface area contributed by atoms with Crippen LogP contribution in [-0.2, 0) is 16.1 Å². The lowest BCUT2D eigenvalue weighted by Gasteiger charge is -2.17. The molecule has 3 nitrogen and oxygen atoms in total. The van der Waals surface area contributed by atoms with Crippen molar-refractivity contribution in [2.24, 2.45) is 0 Å². The fourth-order valence-electron chi connectivity index (χ4n) is 2.51. The largest absolute Gasteiger partial charge is 0.465 e. The van der Waals surface area contributed by atoms with Crippen molar-refractivity contribution in [3.8, 4) is 0 Å². The highest BCUT2D eigenvalue weighted by Crippen LogP contribution is 2.18. The van der Waals surface area contributed by atoms with Gasteiger partial charge < -0.3 is 10.1 Å². The first-order valence-electron chi connectivity index (χ1n) is 7.63. The Morgan fingerprint density at radius 3 is 2.67 bits per heavy atom. The molecule has 3 heteroatoms. The number of benzene rings is 2. The van der Waals surface area contributed by atoms with Crippen molar-refractivity contribution in [3.63, 3.8) is 0 Å². The van der Waals surface area contributed by atoms with E-state index in [1.165, 1.54) is 16.3 Å². The molecule has 0 radical (unpaired) electrons. The van der Waals surface area contributed by atoms with Gasteiger partial charge >= 0.3 is 5.97 Å². The van der Waals surface area contributed by atoms with E-state index in [2.05, 4.69) is 42.6 Å². The van der Waals surface area contributed by atoms with Crippen LogP contribution >= 0.6 is 0 Å². The standard InChI is InChI=1S/C18H23NO2/c1-3-8-17(18(20)21-4-2)19-13-15-11-7-10-14-9-5-6-12-16(14)15/h5-7,9-12,17,19H,3-4,8,13H2,1-2H3. The number of fused-ring (bicyclic) bond motifs is 1. The molecule has 0 saturated heterocycles. The number of carbonyl (C=O) groups excluding carboxylic acids is 1. The summed E-state index contributed by atoms with van der Waals surface area (Å²) in [5, 5.41) is 5.79. The van der Waals surface area contributed by atoms with Gasteiger partial charge in [-0.3, -0.25) is 4.79 Å². The molecule has 1 N–H and O–H groups in total. The Morgan fingerprint density at radius 2 is 1.90 bits per heavy atom. The number of carbonyl (C=O) groups is 1. The lowest BCUT2D eigenvalue weighted by Crippen LogP contribution is -2.37. The van der Waals surface area contributed by atoms with Crippen molar-refractivity contribution in [3.05, 3.63) is 48.0 Å². The van der Waals surface area contributed by atoms with Crippen LogP contribution in [0.2, 0.25) is 0 Å². The van der Waals surface area contributed by atoms with Crippen molar-refractivity contribution in [2.75, 3.05) is 6.61 Å². The molecule has 2 aromatic carbocycles. The van der Waals surface area contributed by atoms with Crippen LogP contribution in [-0.4, -0.2) is 18.6 Å². The molecule has 1 atom stereocenters. The fraction of sp³-hybridized carbons (Fsp3) is 0.389. The van der Waals surface area contributed by atoms with E-state index in [9.17, 15) is 4.79 Å². The summed E-state index contributed by atoms with van der Waals surface area (Å²) in [4.78, 5) is 11.9. The van der Waals surface area contributed by atoms with E-state index in [0.29, 0.717) is 13.2 Å². The quantitative estimate of drug-likeness (QED) is 0.789. The summed E-state index contributed by atoms with van der Waals surface area (Å²) in [5.74, 6) is -0.153. The Kier molecular flexibility index (Phi) is 5.76. The van der Waals surface area contributed by atoms with Crippen molar-refractivity contribution in [1.82, 2.24) is 5.32 Å². The van der Waals surface area contributed by atoms with Crippen LogP contribution in [0.5, 0.6) is 0 Å². The van der Waals surface area contributed by atoms with Gasteiger partial charge in [0.2, 0.25) is 0 Å². The zero-order chi connectivity index (χ0) is 15.1. The monoisotopic (exact) mass is 285 g/mol. The maximum atomic E-state index is 11.9. The molecule has 2 rings (SSSR count). The van der Waals surface area contributed by atoms with E-state index in [-0.39, 0.29) is 12.0 Å². The van der Waals surface area contributed by atoms with E-state index < -0.39 is 0 Å². The molecule has 0 heterocycles. The third kappa shape index (κ3) is 4.05. The molecular formula is C18H23NO2. The minimum absolute atomic E-state index is 0.153. The average molecular weight is 285 g/mol. The molecule has 2 aromatic rings. The first-order chi connectivity index (χ1) is 10.3. The van der Waals surface area contributed by atoms with Gasteiger partial charge in [-0.25, -0.2) is 0 Å². The van der Waals surface area contributed by atoms with E-state index in [1.807, 2.05) is 19.1 Å². The van der Waals surface area contributed by atoms with Gasteiger partial charge in [-0.1, -0.05) is 55.8 Å². The highest BCUT2D eigenvalue weighted by Gasteiger charge is 2.18. The summed E-state index contributed by atoms with van der Waals surface area (Å²) in [6.07, 6.45) is 1.75. The topological polar surface area (TPSA) is 38.3 Å². The van der Waals surface area contributed by atoms with Gasteiger partial charge in [0, 0.05) is 6.54 Å². The third-order valence-electron chi connectivity index (χ3n) is 3.57. The zero-order valence-electron chi connectivity index (χ0n) is 12.8. The first-order valence-corrected chi connectivity index (χ1v) is 7.63. The molecule has 0 aliphatic carbocycles. The van der Waals surface area contributed by atoms with Gasteiger partial charge in [0.15, 0.2) is 0 Å². The summed E-state index contributed by atoms with van der Waals surface area (Å²) in [7, 11) is 0. The Labute approximate surface area is 126 Å². The lowest BCUT2D eigenvalue weighted by atomic mass is 10.0. The van der Waals surface area contributed by atoms with Gasteiger partial charge in [0.05, 0.1) is 6.61 Å². The average Bonchev–Trinajstić information content (AvgIpc) is 2.51. The number of rotatable bonds is 7. The second-order valence-corrected chi connectivity index (χ2v) is 5.11. The van der Waals surface area contributed by atoms with Crippen LogP contribution in [0, 0.1) is 0 Å². The Morgan fingerprint density at radius 1 is 1.14 bits per heavy atom. The molecule has 0 spiro atoms.